The molecule has 0 saturated heterocycles. The van der Waals surface area contributed by atoms with Crippen molar-refractivity contribution >= 4 is 24.3 Å². The number of rotatable bonds is 2. The van der Waals surface area contributed by atoms with Gasteiger partial charge < -0.3 is 4.74 Å². The van der Waals surface area contributed by atoms with Crippen molar-refractivity contribution in [3.05, 3.63) is 32.7 Å². The Morgan fingerprint density at radius 1 is 1.29 bits per heavy atom. The first-order chi connectivity index (χ1) is 7.95. The van der Waals surface area contributed by atoms with Crippen LogP contribution in [0.2, 0.25) is 0 Å². The topological polar surface area (TPSA) is 75.1 Å². The fourth-order valence-electron chi connectivity index (χ4n) is 1.80. The van der Waals surface area contributed by atoms with Gasteiger partial charge in [-0.15, -0.1) is 12.6 Å². The van der Waals surface area contributed by atoms with E-state index in [-0.39, 0.29) is 0 Å². The van der Waals surface area contributed by atoms with Crippen molar-refractivity contribution in [2.75, 3.05) is 7.11 Å². The molecule has 0 aromatic heterocycles. The van der Waals surface area contributed by atoms with Crippen LogP contribution in [0.1, 0.15) is 27.0 Å². The Bertz CT molecular complexity index is 534. The van der Waals surface area contributed by atoms with Gasteiger partial charge in [0.05, 0.1) is 12.7 Å². The maximum atomic E-state index is 11.7. The molecule has 0 saturated carbocycles. The molecule has 17 heavy (non-hydrogen) atoms. The second kappa shape index (κ2) is 5.12. The second-order valence-corrected chi connectivity index (χ2v) is 4.08. The number of carbonyl (C=O) groups excluding carboxylic acids is 1. The van der Waals surface area contributed by atoms with Crippen LogP contribution in [0.5, 0.6) is 0 Å². The maximum absolute atomic E-state index is 11.7. The zero-order valence-electron chi connectivity index (χ0n) is 10.1. The summed E-state index contributed by atoms with van der Waals surface area (Å²) in [6, 6.07) is 0. The largest absolute Gasteiger partial charge is 0.465 e. The van der Waals surface area contributed by atoms with Crippen LogP contribution < -0.4 is 0 Å². The molecule has 0 N–H and O–H groups in total. The third-order valence-electron chi connectivity index (χ3n) is 2.71. The average molecular weight is 251 g/mol. The molecule has 0 unspecified atom stereocenters. The molecule has 1 aromatic carbocycles. The first-order valence-corrected chi connectivity index (χ1v) is 5.36. The van der Waals surface area contributed by atoms with Crippen LogP contribution in [0, 0.1) is 20.8 Å². The Balaban J connectivity index is 3.73. The van der Waals surface area contributed by atoms with Gasteiger partial charge in [0, 0.05) is 15.5 Å². The van der Waals surface area contributed by atoms with Gasteiger partial charge in [0.1, 0.15) is 0 Å². The van der Waals surface area contributed by atoms with Gasteiger partial charge in [-0.1, -0.05) is 5.11 Å². The number of thiol groups is 1. The van der Waals surface area contributed by atoms with E-state index >= 15 is 0 Å². The first-order valence-electron chi connectivity index (χ1n) is 4.91. The van der Waals surface area contributed by atoms with Gasteiger partial charge in [0.15, 0.2) is 0 Å². The number of nitrogens with zero attached hydrogens (tertiary/aromatic N) is 3. The molecule has 6 heteroatoms. The van der Waals surface area contributed by atoms with E-state index in [1.54, 1.807) is 20.8 Å². The summed E-state index contributed by atoms with van der Waals surface area (Å²) in [6.45, 7) is 5.31. The van der Waals surface area contributed by atoms with Gasteiger partial charge in [-0.25, -0.2) is 4.79 Å². The summed E-state index contributed by atoms with van der Waals surface area (Å²) >= 11 is 4.33. The van der Waals surface area contributed by atoms with Crippen molar-refractivity contribution in [2.45, 2.75) is 25.7 Å². The predicted molar refractivity (Wildman–Crippen MR) is 68.1 cm³/mol. The lowest BCUT2D eigenvalue weighted by atomic mass is 9.97. The van der Waals surface area contributed by atoms with E-state index in [4.69, 9.17) is 10.3 Å². The summed E-state index contributed by atoms with van der Waals surface area (Å²) in [5.74, 6) is -0.454. The average Bonchev–Trinajstić information content (AvgIpc) is 2.32. The van der Waals surface area contributed by atoms with Crippen molar-refractivity contribution < 1.29 is 9.53 Å². The van der Waals surface area contributed by atoms with Crippen LogP contribution in [0.25, 0.3) is 10.4 Å². The fourth-order valence-corrected chi connectivity index (χ4v) is 2.01. The van der Waals surface area contributed by atoms with Crippen LogP contribution in [0.4, 0.5) is 5.69 Å². The third-order valence-corrected chi connectivity index (χ3v) is 3.38. The minimum absolute atomic E-state index is 0.408. The molecule has 90 valence electrons. The highest BCUT2D eigenvalue weighted by Crippen LogP contribution is 2.35. The minimum Gasteiger partial charge on any atom is -0.465 e. The number of esters is 1. The summed E-state index contributed by atoms with van der Waals surface area (Å²) in [5, 5.41) is 3.61. The molecule has 0 atom stereocenters. The van der Waals surface area contributed by atoms with E-state index in [2.05, 4.69) is 22.7 Å². The normalized spacial score (nSPS) is 9.71. The number of azide groups is 1. The van der Waals surface area contributed by atoms with E-state index in [1.807, 2.05) is 0 Å². The monoisotopic (exact) mass is 251 g/mol. The molecule has 0 heterocycles. The number of methoxy groups -OCH3 is 1. The Morgan fingerprint density at radius 2 is 1.88 bits per heavy atom. The molecule has 0 bridgehead atoms. The van der Waals surface area contributed by atoms with Crippen molar-refractivity contribution in [2.24, 2.45) is 5.11 Å². The number of benzene rings is 1. The lowest BCUT2D eigenvalue weighted by Gasteiger charge is -2.15. The number of carbonyl (C=O) groups is 1. The van der Waals surface area contributed by atoms with Crippen molar-refractivity contribution in [3.63, 3.8) is 0 Å². The molecule has 5 nitrogen and oxygen atoms in total. The van der Waals surface area contributed by atoms with Crippen LogP contribution >= 0.6 is 12.6 Å². The Labute approximate surface area is 105 Å². The highest BCUT2D eigenvalue weighted by molar-refractivity contribution is 7.80. The number of ether oxygens (including phenoxy) is 1. The Morgan fingerprint density at radius 3 is 2.35 bits per heavy atom. The molecule has 0 spiro atoms. The maximum Gasteiger partial charge on any atom is 0.338 e. The van der Waals surface area contributed by atoms with E-state index in [1.165, 1.54) is 7.11 Å². The number of hydrogen-bond acceptors (Lipinski definition) is 4. The lowest BCUT2D eigenvalue weighted by Crippen LogP contribution is -2.08. The summed E-state index contributed by atoms with van der Waals surface area (Å²) in [7, 11) is 1.31. The van der Waals surface area contributed by atoms with Crippen LogP contribution in [0.3, 0.4) is 0 Å². The first kappa shape index (κ1) is 13.4. The van der Waals surface area contributed by atoms with Gasteiger partial charge in [0.25, 0.3) is 0 Å². The summed E-state index contributed by atoms with van der Waals surface area (Å²) in [5.41, 5.74) is 11.5. The molecule has 0 amide bonds. The van der Waals surface area contributed by atoms with Crippen molar-refractivity contribution in [3.8, 4) is 0 Å². The molecule has 0 aliphatic carbocycles. The van der Waals surface area contributed by atoms with Gasteiger partial charge in [-0.3, -0.25) is 0 Å². The molecular formula is C11H13N3O2S. The van der Waals surface area contributed by atoms with Crippen molar-refractivity contribution in [1.82, 2.24) is 0 Å². The van der Waals surface area contributed by atoms with Crippen molar-refractivity contribution in [1.29, 1.82) is 0 Å². The highest BCUT2D eigenvalue weighted by atomic mass is 32.1. The highest BCUT2D eigenvalue weighted by Gasteiger charge is 2.20. The van der Waals surface area contributed by atoms with E-state index in [0.29, 0.717) is 21.7 Å². The standard InChI is InChI=1S/C11H13N3O2S/c1-5-8(11(15)16-4)6(2)10(17)7(3)9(5)13-14-12/h17H,1-4H3. The fraction of sp³-hybridized carbons (Fsp3) is 0.364. The summed E-state index contributed by atoms with van der Waals surface area (Å²) in [6.07, 6.45) is 0. The molecule has 0 aliphatic rings. The zero-order chi connectivity index (χ0) is 13.2. The zero-order valence-corrected chi connectivity index (χ0v) is 11.0. The molecule has 1 aromatic rings. The van der Waals surface area contributed by atoms with Gasteiger partial charge in [-0.2, -0.15) is 0 Å². The van der Waals surface area contributed by atoms with Crippen LogP contribution in [-0.2, 0) is 4.74 Å². The van der Waals surface area contributed by atoms with Crippen LogP contribution in [-0.4, -0.2) is 13.1 Å². The van der Waals surface area contributed by atoms with Gasteiger partial charge in [-0.05, 0) is 43.0 Å². The quantitative estimate of drug-likeness (QED) is 0.286. The third kappa shape index (κ3) is 2.23. The van der Waals surface area contributed by atoms with Gasteiger partial charge >= 0.3 is 5.97 Å². The molecule has 0 fully saturated rings. The Hall–Kier alpha value is -1.65. The van der Waals surface area contributed by atoms with E-state index < -0.39 is 5.97 Å². The van der Waals surface area contributed by atoms with Crippen LogP contribution in [0.15, 0.2) is 10.0 Å². The lowest BCUT2D eigenvalue weighted by molar-refractivity contribution is 0.0599. The molecule has 0 radical (unpaired) electrons. The summed E-state index contributed by atoms with van der Waals surface area (Å²) < 4.78 is 4.72. The van der Waals surface area contributed by atoms with E-state index in [9.17, 15) is 4.79 Å². The predicted octanol–water partition coefficient (Wildman–Crippen LogP) is 3.63. The SMILES string of the molecule is COC(=O)c1c(C)c(S)c(C)c(N=[N+]=[N-])c1C. The minimum atomic E-state index is -0.454. The molecule has 1 rings (SSSR count). The Kier molecular flexibility index (Phi) is 4.04. The van der Waals surface area contributed by atoms with E-state index in [0.717, 1.165) is 11.1 Å². The number of hydrogen-bond donors (Lipinski definition) is 1. The summed E-state index contributed by atoms with van der Waals surface area (Å²) in [4.78, 5) is 15.1. The smallest absolute Gasteiger partial charge is 0.338 e. The molecular weight excluding hydrogens is 238 g/mol. The molecule has 0 aliphatic heterocycles. The van der Waals surface area contributed by atoms with Gasteiger partial charge in [0.2, 0.25) is 0 Å². The second-order valence-electron chi connectivity index (χ2n) is 3.63.